The molecule has 1 aromatic rings. The van der Waals surface area contributed by atoms with Gasteiger partial charge in [-0.1, -0.05) is 6.92 Å². The Labute approximate surface area is 130 Å². The van der Waals surface area contributed by atoms with Crippen molar-refractivity contribution in [1.82, 2.24) is 10.2 Å². The highest BCUT2D eigenvalue weighted by molar-refractivity contribution is 5.85. The SMILES string of the molecule is CC(C(=O)N(C)C(C)c1cc(F)ccc1F)C1CNC1.Cl. The van der Waals surface area contributed by atoms with E-state index in [0.29, 0.717) is 5.92 Å². The molecule has 6 heteroatoms. The van der Waals surface area contributed by atoms with Crippen LogP contribution in [-0.4, -0.2) is 30.9 Å². The maximum Gasteiger partial charge on any atom is 0.226 e. The van der Waals surface area contributed by atoms with E-state index in [2.05, 4.69) is 5.32 Å². The number of benzene rings is 1. The van der Waals surface area contributed by atoms with Crippen molar-refractivity contribution in [3.63, 3.8) is 0 Å². The zero-order chi connectivity index (χ0) is 14.9. The van der Waals surface area contributed by atoms with Gasteiger partial charge < -0.3 is 10.2 Å². The number of hydrogen-bond donors (Lipinski definition) is 1. The van der Waals surface area contributed by atoms with E-state index in [0.717, 1.165) is 31.3 Å². The summed E-state index contributed by atoms with van der Waals surface area (Å²) in [4.78, 5) is 13.9. The molecule has 3 nitrogen and oxygen atoms in total. The molecule has 1 aliphatic heterocycles. The molecule has 2 rings (SSSR count). The van der Waals surface area contributed by atoms with Crippen molar-refractivity contribution in [2.75, 3.05) is 20.1 Å². The standard InChI is InChI=1S/C15H20F2N2O.ClH/c1-9(11-7-18-8-11)15(20)19(3)10(2)13-6-12(16)4-5-14(13)17;/h4-6,9-11,18H,7-8H2,1-3H3;1H. The largest absolute Gasteiger partial charge is 0.339 e. The number of halogens is 3. The van der Waals surface area contributed by atoms with E-state index in [4.69, 9.17) is 0 Å². The van der Waals surface area contributed by atoms with E-state index in [-0.39, 0.29) is 29.8 Å². The molecular weight excluding hydrogens is 298 g/mol. The van der Waals surface area contributed by atoms with Gasteiger partial charge in [-0.25, -0.2) is 8.78 Å². The van der Waals surface area contributed by atoms with E-state index in [9.17, 15) is 13.6 Å². The molecule has 21 heavy (non-hydrogen) atoms. The van der Waals surface area contributed by atoms with Crippen LogP contribution in [-0.2, 0) is 4.79 Å². The molecule has 2 unspecified atom stereocenters. The average molecular weight is 319 g/mol. The Morgan fingerprint density at radius 3 is 2.48 bits per heavy atom. The van der Waals surface area contributed by atoms with Gasteiger partial charge in [0.1, 0.15) is 11.6 Å². The number of hydrogen-bond acceptors (Lipinski definition) is 2. The summed E-state index contributed by atoms with van der Waals surface area (Å²) < 4.78 is 27.0. The highest BCUT2D eigenvalue weighted by atomic mass is 35.5. The minimum atomic E-state index is -0.495. The number of rotatable bonds is 4. The molecule has 2 atom stereocenters. The Morgan fingerprint density at radius 2 is 1.95 bits per heavy atom. The smallest absolute Gasteiger partial charge is 0.226 e. The maximum absolute atomic E-state index is 13.8. The second-order valence-corrected chi connectivity index (χ2v) is 5.50. The summed E-state index contributed by atoms with van der Waals surface area (Å²) in [6.07, 6.45) is 0. The number of nitrogens with one attached hydrogen (secondary N) is 1. The van der Waals surface area contributed by atoms with Crippen LogP contribution in [0.25, 0.3) is 0 Å². The summed E-state index contributed by atoms with van der Waals surface area (Å²) in [6, 6.07) is 2.84. The van der Waals surface area contributed by atoms with Crippen LogP contribution >= 0.6 is 12.4 Å². The van der Waals surface area contributed by atoms with Crippen LogP contribution in [0.5, 0.6) is 0 Å². The normalized spacial score (nSPS) is 17.4. The van der Waals surface area contributed by atoms with Crippen molar-refractivity contribution in [1.29, 1.82) is 0 Å². The van der Waals surface area contributed by atoms with Gasteiger partial charge in [-0.15, -0.1) is 12.4 Å². The van der Waals surface area contributed by atoms with Gasteiger partial charge in [-0.05, 0) is 44.1 Å². The second-order valence-electron chi connectivity index (χ2n) is 5.50. The van der Waals surface area contributed by atoms with E-state index in [1.54, 1.807) is 14.0 Å². The Balaban J connectivity index is 0.00000220. The van der Waals surface area contributed by atoms with E-state index >= 15 is 0 Å². The lowest BCUT2D eigenvalue weighted by Crippen LogP contribution is -2.50. The molecule has 0 bridgehead atoms. The fraction of sp³-hybridized carbons (Fsp3) is 0.533. The highest BCUT2D eigenvalue weighted by Crippen LogP contribution is 2.26. The van der Waals surface area contributed by atoms with Crippen molar-refractivity contribution in [2.24, 2.45) is 11.8 Å². The lowest BCUT2D eigenvalue weighted by molar-refractivity contribution is -0.138. The van der Waals surface area contributed by atoms with Gasteiger partial charge in [0, 0.05) is 18.5 Å². The molecular formula is C15H21ClF2N2O. The van der Waals surface area contributed by atoms with Crippen molar-refractivity contribution >= 4 is 18.3 Å². The first-order chi connectivity index (χ1) is 9.41. The van der Waals surface area contributed by atoms with Crippen LogP contribution in [0.1, 0.15) is 25.5 Å². The Bertz CT molecular complexity index is 508. The van der Waals surface area contributed by atoms with Gasteiger partial charge in [0.2, 0.25) is 5.91 Å². The number of carbonyl (C=O) groups is 1. The molecule has 1 aromatic carbocycles. The molecule has 0 spiro atoms. The zero-order valence-electron chi connectivity index (χ0n) is 12.4. The summed E-state index contributed by atoms with van der Waals surface area (Å²) in [5.74, 6) is -0.802. The first-order valence-corrected chi connectivity index (χ1v) is 6.84. The first kappa shape index (κ1) is 17.9. The van der Waals surface area contributed by atoms with Crippen LogP contribution in [0.3, 0.4) is 0 Å². The topological polar surface area (TPSA) is 32.3 Å². The van der Waals surface area contributed by atoms with Gasteiger partial charge in [0.15, 0.2) is 0 Å². The van der Waals surface area contributed by atoms with Crippen molar-refractivity contribution in [3.05, 3.63) is 35.4 Å². The third-order valence-corrected chi connectivity index (χ3v) is 4.25. The Hall–Kier alpha value is -1.20. The summed E-state index contributed by atoms with van der Waals surface area (Å²) in [6.45, 7) is 5.27. The molecule has 1 N–H and O–H groups in total. The highest BCUT2D eigenvalue weighted by Gasteiger charge is 2.32. The van der Waals surface area contributed by atoms with Gasteiger partial charge in [-0.2, -0.15) is 0 Å². The summed E-state index contributed by atoms with van der Waals surface area (Å²) >= 11 is 0. The third-order valence-electron chi connectivity index (χ3n) is 4.25. The first-order valence-electron chi connectivity index (χ1n) is 6.84. The van der Waals surface area contributed by atoms with E-state index in [1.165, 1.54) is 4.90 Å². The van der Waals surface area contributed by atoms with Crippen LogP contribution < -0.4 is 5.32 Å². The maximum atomic E-state index is 13.8. The molecule has 0 aromatic heterocycles. The number of carbonyl (C=O) groups excluding carboxylic acids is 1. The Kier molecular flexibility index (Phi) is 6.10. The molecule has 1 aliphatic rings. The third kappa shape index (κ3) is 3.71. The average Bonchev–Trinajstić information content (AvgIpc) is 2.37. The van der Waals surface area contributed by atoms with Gasteiger partial charge >= 0.3 is 0 Å². The molecule has 0 radical (unpaired) electrons. The monoisotopic (exact) mass is 318 g/mol. The summed E-state index contributed by atoms with van der Waals surface area (Å²) in [5, 5.41) is 3.13. The summed E-state index contributed by atoms with van der Waals surface area (Å²) in [5.41, 5.74) is 0.208. The minimum absolute atomic E-state index is 0. The van der Waals surface area contributed by atoms with Crippen molar-refractivity contribution in [2.45, 2.75) is 19.9 Å². The summed E-state index contributed by atoms with van der Waals surface area (Å²) in [7, 11) is 1.64. The molecule has 118 valence electrons. The lowest BCUT2D eigenvalue weighted by Gasteiger charge is -2.35. The predicted octanol–water partition coefficient (Wildman–Crippen LogP) is 2.76. The Morgan fingerprint density at radius 1 is 1.33 bits per heavy atom. The van der Waals surface area contributed by atoms with Gasteiger partial charge in [0.25, 0.3) is 0 Å². The minimum Gasteiger partial charge on any atom is -0.339 e. The quantitative estimate of drug-likeness (QED) is 0.926. The molecule has 0 aliphatic carbocycles. The van der Waals surface area contributed by atoms with Crippen LogP contribution in [0, 0.1) is 23.5 Å². The lowest BCUT2D eigenvalue weighted by atomic mass is 9.87. The van der Waals surface area contributed by atoms with Crippen LogP contribution in [0.4, 0.5) is 8.78 Å². The molecule has 1 amide bonds. The van der Waals surface area contributed by atoms with E-state index in [1.807, 2.05) is 6.92 Å². The molecule has 1 fully saturated rings. The van der Waals surface area contributed by atoms with Crippen molar-refractivity contribution < 1.29 is 13.6 Å². The van der Waals surface area contributed by atoms with Crippen molar-refractivity contribution in [3.8, 4) is 0 Å². The van der Waals surface area contributed by atoms with Gasteiger partial charge in [-0.3, -0.25) is 4.79 Å². The molecule has 1 saturated heterocycles. The zero-order valence-corrected chi connectivity index (χ0v) is 13.2. The second kappa shape index (κ2) is 7.18. The van der Waals surface area contributed by atoms with Crippen LogP contribution in [0.2, 0.25) is 0 Å². The van der Waals surface area contributed by atoms with Gasteiger partial charge in [0.05, 0.1) is 6.04 Å². The fourth-order valence-electron chi connectivity index (χ4n) is 2.42. The fourth-order valence-corrected chi connectivity index (χ4v) is 2.42. The molecule has 0 saturated carbocycles. The molecule has 1 heterocycles. The van der Waals surface area contributed by atoms with E-state index < -0.39 is 17.7 Å². The number of nitrogens with zero attached hydrogens (tertiary/aromatic N) is 1. The number of amides is 1. The van der Waals surface area contributed by atoms with Crippen LogP contribution in [0.15, 0.2) is 18.2 Å². The predicted molar refractivity (Wildman–Crippen MR) is 80.3 cm³/mol.